The molecule has 2 heterocycles. The van der Waals surface area contributed by atoms with E-state index in [1.54, 1.807) is 18.2 Å². The number of hydrogen-bond acceptors (Lipinski definition) is 5. The van der Waals surface area contributed by atoms with E-state index in [4.69, 9.17) is 4.74 Å². The minimum atomic E-state index is -1.20. The lowest BCUT2D eigenvalue weighted by molar-refractivity contribution is -0.132. The Morgan fingerprint density at radius 1 is 1.06 bits per heavy atom. The highest BCUT2D eigenvalue weighted by Gasteiger charge is 2.47. The van der Waals surface area contributed by atoms with Gasteiger partial charge < -0.3 is 9.84 Å². The summed E-state index contributed by atoms with van der Waals surface area (Å²) in [5.74, 6) is -3.76. The van der Waals surface area contributed by atoms with E-state index < -0.39 is 40.8 Å². The number of aliphatic hydroxyl groups is 1. The summed E-state index contributed by atoms with van der Waals surface area (Å²) in [6.07, 6.45) is 2.75. The van der Waals surface area contributed by atoms with E-state index in [2.05, 4.69) is 4.98 Å². The van der Waals surface area contributed by atoms with Crippen LogP contribution in [-0.4, -0.2) is 27.9 Å². The number of benzene rings is 2. The Hall–Kier alpha value is -4.07. The van der Waals surface area contributed by atoms with E-state index in [1.807, 2.05) is 13.8 Å². The molecular formula is C25H20F2N2O4. The molecule has 0 saturated carbocycles. The maximum absolute atomic E-state index is 14.7. The Kier molecular flexibility index (Phi) is 5.91. The van der Waals surface area contributed by atoms with Crippen LogP contribution in [0.2, 0.25) is 0 Å². The molecule has 0 aliphatic carbocycles. The van der Waals surface area contributed by atoms with E-state index in [9.17, 15) is 23.5 Å². The molecule has 1 amide bonds. The molecule has 1 saturated heterocycles. The van der Waals surface area contributed by atoms with Crippen molar-refractivity contribution in [1.82, 2.24) is 4.98 Å². The predicted octanol–water partition coefficient (Wildman–Crippen LogP) is 4.77. The van der Waals surface area contributed by atoms with E-state index >= 15 is 0 Å². The largest absolute Gasteiger partial charge is 0.507 e. The quantitative estimate of drug-likeness (QED) is 0.344. The summed E-state index contributed by atoms with van der Waals surface area (Å²) >= 11 is 0. The van der Waals surface area contributed by atoms with Crippen molar-refractivity contribution in [2.45, 2.75) is 26.0 Å². The normalized spacial score (nSPS) is 17.6. The number of anilines is 1. The number of rotatable bonds is 5. The second-order valence-corrected chi connectivity index (χ2v) is 7.74. The Bertz CT molecular complexity index is 1260. The van der Waals surface area contributed by atoms with Gasteiger partial charge in [-0.2, -0.15) is 0 Å². The van der Waals surface area contributed by atoms with Crippen LogP contribution in [0, 0.1) is 11.6 Å². The van der Waals surface area contributed by atoms with E-state index in [1.165, 1.54) is 30.6 Å². The first kappa shape index (κ1) is 22.1. The van der Waals surface area contributed by atoms with Crippen molar-refractivity contribution in [3.8, 4) is 5.75 Å². The molecular weight excluding hydrogens is 430 g/mol. The van der Waals surface area contributed by atoms with Crippen molar-refractivity contribution in [2.24, 2.45) is 0 Å². The average molecular weight is 450 g/mol. The van der Waals surface area contributed by atoms with Crippen LogP contribution in [-0.2, 0) is 9.59 Å². The fourth-order valence-electron chi connectivity index (χ4n) is 3.76. The van der Waals surface area contributed by atoms with E-state index in [0.717, 1.165) is 23.1 Å². The van der Waals surface area contributed by atoms with Crippen molar-refractivity contribution < 1.29 is 28.2 Å². The Morgan fingerprint density at radius 3 is 2.48 bits per heavy atom. The molecule has 168 valence electrons. The van der Waals surface area contributed by atoms with Gasteiger partial charge in [-0.05, 0) is 55.8 Å². The van der Waals surface area contributed by atoms with Gasteiger partial charge in [0.1, 0.15) is 23.1 Å². The summed E-state index contributed by atoms with van der Waals surface area (Å²) in [6, 6.07) is 10.9. The van der Waals surface area contributed by atoms with Gasteiger partial charge in [-0.3, -0.25) is 19.5 Å². The lowest BCUT2D eigenvalue weighted by Crippen LogP contribution is -2.30. The number of amides is 1. The summed E-state index contributed by atoms with van der Waals surface area (Å²) in [5, 5.41) is 11.1. The number of hydrogen-bond donors (Lipinski definition) is 1. The summed E-state index contributed by atoms with van der Waals surface area (Å²) in [6.45, 7) is 3.68. The molecule has 2 aromatic carbocycles. The van der Waals surface area contributed by atoms with Crippen LogP contribution in [0.25, 0.3) is 5.76 Å². The third-order valence-electron chi connectivity index (χ3n) is 5.11. The smallest absolute Gasteiger partial charge is 0.300 e. The number of carbonyl (C=O) groups excluding carboxylic acids is 2. The number of nitrogens with zero attached hydrogens (tertiary/aromatic N) is 2. The lowest BCUT2D eigenvalue weighted by Gasteiger charge is -2.25. The van der Waals surface area contributed by atoms with Crippen molar-refractivity contribution in [3.05, 3.63) is 95.3 Å². The third-order valence-corrected chi connectivity index (χ3v) is 5.11. The molecule has 1 atom stereocenters. The molecule has 4 rings (SSSR count). The van der Waals surface area contributed by atoms with Crippen LogP contribution in [0.4, 0.5) is 14.5 Å². The van der Waals surface area contributed by atoms with Crippen molar-refractivity contribution in [1.29, 1.82) is 0 Å². The summed E-state index contributed by atoms with van der Waals surface area (Å²) < 4.78 is 34.3. The van der Waals surface area contributed by atoms with Crippen LogP contribution in [0.1, 0.15) is 31.0 Å². The van der Waals surface area contributed by atoms with Crippen LogP contribution >= 0.6 is 0 Å². The molecule has 0 spiro atoms. The molecule has 3 aromatic rings. The third kappa shape index (κ3) is 4.19. The van der Waals surface area contributed by atoms with Crippen molar-refractivity contribution in [3.63, 3.8) is 0 Å². The second kappa shape index (κ2) is 8.82. The summed E-state index contributed by atoms with van der Waals surface area (Å²) in [5.41, 5.74) is -0.0275. The standard InChI is InChI=1S/C25H20F2N2O4/c1-14(2)33-18-5-3-4-16(12-18)23(30)21-22(15-8-10-28-11-9-15)29(25(32)24(21)31)20-13-17(26)6-7-19(20)27/h3-14,22,30H,1-2H3/b23-21+. The first-order valence-corrected chi connectivity index (χ1v) is 10.2. The fraction of sp³-hybridized carbons (Fsp3) is 0.160. The summed E-state index contributed by atoms with van der Waals surface area (Å²) in [4.78, 5) is 30.9. The molecule has 1 aliphatic heterocycles. The van der Waals surface area contributed by atoms with Gasteiger partial charge in [-0.25, -0.2) is 8.78 Å². The van der Waals surface area contributed by atoms with Crippen molar-refractivity contribution in [2.75, 3.05) is 4.90 Å². The highest BCUT2D eigenvalue weighted by Crippen LogP contribution is 2.43. The highest BCUT2D eigenvalue weighted by molar-refractivity contribution is 6.51. The molecule has 0 bridgehead atoms. The van der Waals surface area contributed by atoms with Crippen molar-refractivity contribution >= 4 is 23.1 Å². The zero-order valence-corrected chi connectivity index (χ0v) is 17.8. The Balaban J connectivity index is 1.93. The topological polar surface area (TPSA) is 79.7 Å². The first-order valence-electron chi connectivity index (χ1n) is 10.2. The van der Waals surface area contributed by atoms with Gasteiger partial charge >= 0.3 is 0 Å². The van der Waals surface area contributed by atoms with Crippen LogP contribution in [0.15, 0.2) is 72.6 Å². The van der Waals surface area contributed by atoms with Gasteiger partial charge in [0, 0.05) is 24.0 Å². The Labute approximate surface area is 188 Å². The SMILES string of the molecule is CC(C)Oc1cccc(/C(O)=C2\C(=O)C(=O)N(c3cc(F)ccc3F)C2c2ccncc2)c1. The van der Waals surface area contributed by atoms with Crippen LogP contribution in [0.5, 0.6) is 5.75 Å². The number of ketones is 1. The lowest BCUT2D eigenvalue weighted by atomic mass is 9.95. The minimum Gasteiger partial charge on any atom is -0.507 e. The number of halogens is 2. The van der Waals surface area contributed by atoms with Gasteiger partial charge in [0.2, 0.25) is 0 Å². The number of ether oxygens (including phenoxy) is 1. The van der Waals surface area contributed by atoms with E-state index in [-0.39, 0.29) is 17.2 Å². The molecule has 1 aliphatic rings. The van der Waals surface area contributed by atoms with Gasteiger partial charge in [-0.15, -0.1) is 0 Å². The van der Waals surface area contributed by atoms with Crippen LogP contribution < -0.4 is 9.64 Å². The van der Waals surface area contributed by atoms with Crippen LogP contribution in [0.3, 0.4) is 0 Å². The average Bonchev–Trinajstić information content (AvgIpc) is 3.06. The predicted molar refractivity (Wildman–Crippen MR) is 118 cm³/mol. The van der Waals surface area contributed by atoms with Gasteiger partial charge in [0.15, 0.2) is 0 Å². The molecule has 1 N–H and O–H groups in total. The second-order valence-electron chi connectivity index (χ2n) is 7.74. The Morgan fingerprint density at radius 2 is 1.79 bits per heavy atom. The van der Waals surface area contributed by atoms with E-state index in [0.29, 0.717) is 11.3 Å². The number of aliphatic hydroxyl groups excluding tert-OH is 1. The molecule has 33 heavy (non-hydrogen) atoms. The van der Waals surface area contributed by atoms with Gasteiger partial charge in [0.25, 0.3) is 11.7 Å². The molecule has 1 aromatic heterocycles. The number of aromatic nitrogens is 1. The van der Waals surface area contributed by atoms with Gasteiger partial charge in [0.05, 0.1) is 23.4 Å². The highest BCUT2D eigenvalue weighted by atomic mass is 19.1. The monoisotopic (exact) mass is 450 g/mol. The van der Waals surface area contributed by atoms with Gasteiger partial charge in [-0.1, -0.05) is 12.1 Å². The summed E-state index contributed by atoms with van der Waals surface area (Å²) in [7, 11) is 0. The molecule has 0 radical (unpaired) electrons. The molecule has 1 fully saturated rings. The fourth-order valence-corrected chi connectivity index (χ4v) is 3.76. The first-order chi connectivity index (χ1) is 15.8. The maximum atomic E-state index is 14.7. The maximum Gasteiger partial charge on any atom is 0.300 e. The molecule has 1 unspecified atom stereocenters. The number of pyridine rings is 1. The zero-order chi connectivity index (χ0) is 23.7. The number of carbonyl (C=O) groups is 2. The molecule has 6 nitrogen and oxygen atoms in total. The minimum absolute atomic E-state index is 0.124. The molecule has 8 heteroatoms. The number of Topliss-reactive ketones (excluding diaryl/α,β-unsaturated/α-hetero) is 1. The zero-order valence-electron chi connectivity index (χ0n) is 17.8.